The predicted molar refractivity (Wildman–Crippen MR) is 140 cm³/mol. The molecule has 0 saturated heterocycles. The van der Waals surface area contributed by atoms with E-state index in [4.69, 9.17) is 4.74 Å². The molecular weight excluding hydrogens is 456 g/mol. The van der Waals surface area contributed by atoms with Gasteiger partial charge in [0.2, 0.25) is 0 Å². The highest BCUT2D eigenvalue weighted by Gasteiger charge is 2.21. The van der Waals surface area contributed by atoms with Crippen molar-refractivity contribution in [2.45, 2.75) is 33.4 Å². The van der Waals surface area contributed by atoms with Gasteiger partial charge < -0.3 is 15.0 Å². The third-order valence-corrected chi connectivity index (χ3v) is 5.70. The van der Waals surface area contributed by atoms with Crippen LogP contribution in [0.2, 0.25) is 0 Å². The highest BCUT2D eigenvalue weighted by atomic mass is 16.5. The first-order valence-corrected chi connectivity index (χ1v) is 11.7. The van der Waals surface area contributed by atoms with E-state index < -0.39 is 12.6 Å². The summed E-state index contributed by atoms with van der Waals surface area (Å²) in [4.78, 5) is 44.0. The van der Waals surface area contributed by atoms with E-state index in [1.807, 2.05) is 81.4 Å². The molecule has 0 spiro atoms. The number of hydrogen-bond donors (Lipinski definition) is 1. The number of carbonyl (C=O) groups excluding carboxylic acids is 2. The number of amides is 1. The fourth-order valence-corrected chi connectivity index (χ4v) is 3.97. The number of anilines is 3. The Hall–Kier alpha value is -4.46. The molecule has 0 aliphatic rings. The first-order chi connectivity index (χ1) is 17.3. The van der Waals surface area contributed by atoms with Gasteiger partial charge in [-0.2, -0.15) is 0 Å². The monoisotopic (exact) mass is 484 g/mol. The summed E-state index contributed by atoms with van der Waals surface area (Å²) in [6, 6.07) is 22.4. The lowest BCUT2D eigenvalue weighted by Crippen LogP contribution is -2.40. The van der Waals surface area contributed by atoms with Gasteiger partial charge in [-0.15, -0.1) is 0 Å². The van der Waals surface area contributed by atoms with Crippen molar-refractivity contribution in [2.75, 3.05) is 16.8 Å². The van der Waals surface area contributed by atoms with Crippen molar-refractivity contribution in [3.8, 4) is 0 Å². The third kappa shape index (κ3) is 5.60. The van der Waals surface area contributed by atoms with E-state index in [0.717, 1.165) is 16.9 Å². The largest absolute Gasteiger partial charge is 0.454 e. The van der Waals surface area contributed by atoms with Crippen molar-refractivity contribution in [2.24, 2.45) is 0 Å². The van der Waals surface area contributed by atoms with Crippen LogP contribution >= 0.6 is 0 Å². The maximum atomic E-state index is 12.9. The van der Waals surface area contributed by atoms with Crippen LogP contribution in [0.4, 0.5) is 17.1 Å². The van der Waals surface area contributed by atoms with Crippen LogP contribution in [0.15, 0.2) is 83.9 Å². The lowest BCUT2D eigenvalue weighted by molar-refractivity contribution is -0.148. The summed E-state index contributed by atoms with van der Waals surface area (Å²) in [5, 5.41) is 3.73. The molecule has 4 rings (SSSR count). The normalized spacial score (nSPS) is 10.9. The Balaban J connectivity index is 1.39. The van der Waals surface area contributed by atoms with Gasteiger partial charge in [0.1, 0.15) is 6.54 Å². The number of fused-ring (bicyclic) bond motifs is 1. The SMILES string of the molecule is Cc1cccc2c(=O)n(CC(=O)OCC(=O)N(c3ccc(Nc4ccccc4)cc3)C(C)C)cnc12. The van der Waals surface area contributed by atoms with Crippen LogP contribution < -0.4 is 15.8 Å². The van der Waals surface area contributed by atoms with Gasteiger partial charge in [0.25, 0.3) is 11.5 Å². The number of nitrogens with one attached hydrogen (secondary N) is 1. The topological polar surface area (TPSA) is 93.5 Å². The number of rotatable bonds is 8. The Morgan fingerprint density at radius 3 is 2.36 bits per heavy atom. The second kappa shape index (κ2) is 10.9. The zero-order valence-electron chi connectivity index (χ0n) is 20.5. The average Bonchev–Trinajstić information content (AvgIpc) is 2.86. The van der Waals surface area contributed by atoms with Gasteiger partial charge >= 0.3 is 5.97 Å². The fourth-order valence-electron chi connectivity index (χ4n) is 3.97. The Morgan fingerprint density at radius 2 is 1.67 bits per heavy atom. The summed E-state index contributed by atoms with van der Waals surface area (Å²) < 4.78 is 6.41. The molecule has 0 aliphatic heterocycles. The third-order valence-electron chi connectivity index (χ3n) is 5.70. The van der Waals surface area contributed by atoms with Crippen molar-refractivity contribution in [3.63, 3.8) is 0 Å². The van der Waals surface area contributed by atoms with Crippen molar-refractivity contribution < 1.29 is 14.3 Å². The first-order valence-electron chi connectivity index (χ1n) is 11.7. The quantitative estimate of drug-likeness (QED) is 0.372. The Bertz CT molecular complexity index is 1430. The molecule has 8 nitrogen and oxygen atoms in total. The lowest BCUT2D eigenvalue weighted by Gasteiger charge is -2.27. The number of benzene rings is 3. The molecule has 36 heavy (non-hydrogen) atoms. The van der Waals surface area contributed by atoms with Gasteiger partial charge in [-0.3, -0.25) is 19.0 Å². The number of ether oxygens (including phenoxy) is 1. The zero-order valence-corrected chi connectivity index (χ0v) is 20.5. The molecule has 3 aromatic carbocycles. The van der Waals surface area contributed by atoms with Gasteiger partial charge in [-0.1, -0.05) is 30.3 Å². The molecule has 1 N–H and O–H groups in total. The number of aromatic nitrogens is 2. The Morgan fingerprint density at radius 1 is 0.972 bits per heavy atom. The lowest BCUT2D eigenvalue weighted by atomic mass is 10.1. The summed E-state index contributed by atoms with van der Waals surface area (Å²) in [7, 11) is 0. The van der Waals surface area contributed by atoms with Gasteiger partial charge in [-0.25, -0.2) is 4.98 Å². The van der Waals surface area contributed by atoms with Crippen molar-refractivity contribution >= 4 is 39.8 Å². The highest BCUT2D eigenvalue weighted by Crippen LogP contribution is 2.23. The minimum atomic E-state index is -0.689. The standard InChI is InChI=1S/C28H28N4O4/c1-19(2)32(23-14-12-22(13-15-23)30-21-9-5-4-6-10-21)25(33)17-36-26(34)16-31-18-29-27-20(3)8-7-11-24(27)28(31)35/h4-15,18-19,30H,16-17H2,1-3H3. The summed E-state index contributed by atoms with van der Waals surface area (Å²) in [5.74, 6) is -1.05. The molecule has 0 unspecified atom stereocenters. The summed E-state index contributed by atoms with van der Waals surface area (Å²) >= 11 is 0. The molecule has 0 saturated carbocycles. The van der Waals surface area contributed by atoms with E-state index >= 15 is 0 Å². The minimum absolute atomic E-state index is 0.153. The number of carbonyl (C=O) groups is 2. The van der Waals surface area contributed by atoms with Gasteiger partial charge in [0.15, 0.2) is 6.61 Å². The van der Waals surface area contributed by atoms with E-state index in [1.54, 1.807) is 17.0 Å². The van der Waals surface area contributed by atoms with Crippen LogP contribution in [0.3, 0.4) is 0 Å². The smallest absolute Gasteiger partial charge is 0.326 e. The molecule has 0 bridgehead atoms. The van der Waals surface area contributed by atoms with Crippen molar-refractivity contribution in [3.05, 3.63) is 95.0 Å². The summed E-state index contributed by atoms with van der Waals surface area (Å²) in [6.45, 7) is 4.88. The predicted octanol–water partition coefficient (Wildman–Crippen LogP) is 4.43. The van der Waals surface area contributed by atoms with E-state index in [9.17, 15) is 14.4 Å². The number of hydrogen-bond acceptors (Lipinski definition) is 6. The number of esters is 1. The van der Waals surface area contributed by atoms with Gasteiger partial charge in [0.05, 0.1) is 17.2 Å². The maximum absolute atomic E-state index is 12.9. The summed E-state index contributed by atoms with van der Waals surface area (Å²) in [5.41, 5.74) is 3.68. The molecule has 1 aromatic heterocycles. The highest BCUT2D eigenvalue weighted by molar-refractivity contribution is 5.96. The molecule has 0 radical (unpaired) electrons. The summed E-state index contributed by atoms with van der Waals surface area (Å²) in [6.07, 6.45) is 1.33. The molecule has 1 amide bonds. The molecule has 0 atom stereocenters. The maximum Gasteiger partial charge on any atom is 0.326 e. The Kier molecular flexibility index (Phi) is 7.44. The second-order valence-corrected chi connectivity index (χ2v) is 8.70. The van der Waals surface area contributed by atoms with Crippen LogP contribution in [0.25, 0.3) is 10.9 Å². The second-order valence-electron chi connectivity index (χ2n) is 8.70. The molecule has 1 heterocycles. The van der Waals surface area contributed by atoms with Gasteiger partial charge in [0, 0.05) is 23.1 Å². The molecule has 4 aromatic rings. The van der Waals surface area contributed by atoms with Crippen LogP contribution in [0, 0.1) is 6.92 Å². The first kappa shape index (κ1) is 24.7. The molecule has 184 valence electrons. The van der Waals surface area contributed by atoms with Gasteiger partial charge in [-0.05, 0) is 68.8 Å². The average molecular weight is 485 g/mol. The van der Waals surface area contributed by atoms with Crippen LogP contribution in [-0.2, 0) is 20.9 Å². The van der Waals surface area contributed by atoms with E-state index in [-0.39, 0.29) is 24.1 Å². The molecule has 8 heteroatoms. The number of nitrogens with zero attached hydrogens (tertiary/aromatic N) is 3. The Labute approximate surface area is 209 Å². The number of aryl methyl sites for hydroxylation is 1. The van der Waals surface area contributed by atoms with E-state index in [0.29, 0.717) is 16.6 Å². The van der Waals surface area contributed by atoms with Crippen molar-refractivity contribution in [1.29, 1.82) is 0 Å². The fraction of sp³-hybridized carbons (Fsp3) is 0.214. The van der Waals surface area contributed by atoms with E-state index in [1.165, 1.54) is 10.9 Å². The zero-order chi connectivity index (χ0) is 25.7. The number of para-hydroxylation sites is 2. The van der Waals surface area contributed by atoms with Crippen LogP contribution in [0.5, 0.6) is 0 Å². The minimum Gasteiger partial charge on any atom is -0.454 e. The van der Waals surface area contributed by atoms with E-state index in [2.05, 4.69) is 10.3 Å². The molecular formula is C28H28N4O4. The van der Waals surface area contributed by atoms with Crippen LogP contribution in [0.1, 0.15) is 19.4 Å². The van der Waals surface area contributed by atoms with Crippen LogP contribution in [-0.4, -0.2) is 34.1 Å². The molecule has 0 aliphatic carbocycles. The molecule has 0 fully saturated rings. The van der Waals surface area contributed by atoms with Crippen molar-refractivity contribution in [1.82, 2.24) is 9.55 Å².